The molecule has 4 rings (SSSR count). The molecule has 1 fully saturated rings. The van der Waals surface area contributed by atoms with Crippen LogP contribution in [0.5, 0.6) is 0 Å². The first-order valence-corrected chi connectivity index (χ1v) is 10.9. The number of nitrogens with one attached hydrogen (secondary N) is 1. The molecule has 0 saturated carbocycles. The number of aryl methyl sites for hydroxylation is 3. The highest BCUT2D eigenvalue weighted by Gasteiger charge is 2.27. The number of benzene rings is 1. The van der Waals surface area contributed by atoms with Crippen LogP contribution in [0.15, 0.2) is 36.4 Å². The average Bonchev–Trinajstić information content (AvgIpc) is 3.32. The summed E-state index contributed by atoms with van der Waals surface area (Å²) in [7, 11) is 0. The summed E-state index contributed by atoms with van der Waals surface area (Å²) in [6.07, 6.45) is 1.90. The summed E-state index contributed by atoms with van der Waals surface area (Å²) in [5, 5.41) is 13.7. The van der Waals surface area contributed by atoms with Gasteiger partial charge in [-0.2, -0.15) is 0 Å². The SMILES string of the molecule is Cc1cccc(CNC(=O)C2CCCN(c3nnc(-n4c(C)ccc4C)s3)C2)c1. The minimum atomic E-state index is -0.0176. The van der Waals surface area contributed by atoms with Gasteiger partial charge in [-0.1, -0.05) is 41.2 Å². The third-order valence-electron chi connectivity index (χ3n) is 5.48. The Morgan fingerprint density at radius 2 is 1.90 bits per heavy atom. The minimum Gasteiger partial charge on any atom is -0.352 e. The summed E-state index contributed by atoms with van der Waals surface area (Å²) in [4.78, 5) is 14.9. The molecule has 0 spiro atoms. The minimum absolute atomic E-state index is 0.0176. The van der Waals surface area contributed by atoms with Crippen molar-refractivity contribution in [3.05, 3.63) is 58.9 Å². The second-order valence-corrected chi connectivity index (χ2v) is 8.75. The monoisotopic (exact) mass is 409 g/mol. The van der Waals surface area contributed by atoms with Crippen LogP contribution in [0.25, 0.3) is 5.13 Å². The first-order chi connectivity index (χ1) is 14.0. The lowest BCUT2D eigenvalue weighted by Gasteiger charge is -2.31. The van der Waals surface area contributed by atoms with Crippen LogP contribution in [0.4, 0.5) is 5.13 Å². The van der Waals surface area contributed by atoms with E-state index in [1.54, 1.807) is 11.3 Å². The number of amides is 1. The van der Waals surface area contributed by atoms with E-state index in [0.29, 0.717) is 13.1 Å². The van der Waals surface area contributed by atoms with Gasteiger partial charge < -0.3 is 10.2 Å². The van der Waals surface area contributed by atoms with E-state index in [1.165, 1.54) is 5.56 Å². The molecule has 1 unspecified atom stereocenters. The molecule has 1 amide bonds. The molecule has 1 aliphatic heterocycles. The van der Waals surface area contributed by atoms with Gasteiger partial charge in [0.2, 0.25) is 16.2 Å². The van der Waals surface area contributed by atoms with Crippen molar-refractivity contribution >= 4 is 22.4 Å². The fourth-order valence-electron chi connectivity index (χ4n) is 3.92. The van der Waals surface area contributed by atoms with Crippen LogP contribution in [-0.4, -0.2) is 33.8 Å². The zero-order chi connectivity index (χ0) is 20.4. The van der Waals surface area contributed by atoms with Gasteiger partial charge in [0.05, 0.1) is 5.92 Å². The number of aromatic nitrogens is 3. The molecule has 6 nitrogen and oxygen atoms in total. The van der Waals surface area contributed by atoms with Gasteiger partial charge in [-0.25, -0.2) is 0 Å². The van der Waals surface area contributed by atoms with Crippen molar-refractivity contribution in [2.45, 2.75) is 40.2 Å². The number of nitrogens with zero attached hydrogens (tertiary/aromatic N) is 4. The van der Waals surface area contributed by atoms with Crippen LogP contribution < -0.4 is 10.2 Å². The van der Waals surface area contributed by atoms with Crippen LogP contribution in [0, 0.1) is 26.7 Å². The molecule has 7 heteroatoms. The van der Waals surface area contributed by atoms with E-state index in [1.807, 2.05) is 6.07 Å². The number of carbonyl (C=O) groups is 1. The second kappa shape index (κ2) is 8.37. The smallest absolute Gasteiger partial charge is 0.225 e. The molecule has 1 atom stereocenters. The summed E-state index contributed by atoms with van der Waals surface area (Å²) in [5.41, 5.74) is 4.65. The van der Waals surface area contributed by atoms with E-state index in [0.717, 1.165) is 46.6 Å². The number of anilines is 1. The second-order valence-electron chi connectivity index (χ2n) is 7.81. The zero-order valence-corrected chi connectivity index (χ0v) is 18.0. The maximum absolute atomic E-state index is 12.7. The molecule has 3 aromatic rings. The Morgan fingerprint density at radius 3 is 2.66 bits per heavy atom. The van der Waals surface area contributed by atoms with Gasteiger partial charge in [-0.3, -0.25) is 9.36 Å². The third kappa shape index (κ3) is 4.34. The maximum atomic E-state index is 12.7. The number of piperidine rings is 1. The molecule has 0 bridgehead atoms. The largest absolute Gasteiger partial charge is 0.352 e. The van der Waals surface area contributed by atoms with E-state index < -0.39 is 0 Å². The molecule has 0 radical (unpaired) electrons. The van der Waals surface area contributed by atoms with Gasteiger partial charge in [0.1, 0.15) is 0 Å². The lowest BCUT2D eigenvalue weighted by molar-refractivity contribution is -0.125. The normalized spacial score (nSPS) is 16.8. The first kappa shape index (κ1) is 19.6. The van der Waals surface area contributed by atoms with Crippen molar-refractivity contribution < 1.29 is 4.79 Å². The van der Waals surface area contributed by atoms with Crippen LogP contribution in [0.2, 0.25) is 0 Å². The van der Waals surface area contributed by atoms with Crippen LogP contribution in [0.3, 0.4) is 0 Å². The molecule has 29 heavy (non-hydrogen) atoms. The van der Waals surface area contributed by atoms with E-state index in [-0.39, 0.29) is 11.8 Å². The van der Waals surface area contributed by atoms with Crippen molar-refractivity contribution in [2.24, 2.45) is 5.92 Å². The maximum Gasteiger partial charge on any atom is 0.225 e. The quantitative estimate of drug-likeness (QED) is 0.696. The van der Waals surface area contributed by atoms with E-state index in [9.17, 15) is 4.79 Å². The van der Waals surface area contributed by atoms with Gasteiger partial charge in [0.25, 0.3) is 0 Å². The Labute approximate surface area is 175 Å². The van der Waals surface area contributed by atoms with Crippen molar-refractivity contribution in [3.8, 4) is 5.13 Å². The van der Waals surface area contributed by atoms with Gasteiger partial charge in [0.15, 0.2) is 0 Å². The lowest BCUT2D eigenvalue weighted by Crippen LogP contribution is -2.43. The Hall–Kier alpha value is -2.67. The Morgan fingerprint density at radius 1 is 1.14 bits per heavy atom. The van der Waals surface area contributed by atoms with Gasteiger partial charge in [0, 0.05) is 31.0 Å². The standard InChI is InChI=1S/C22H27N5OS/c1-15-6-4-7-18(12-15)13-23-20(28)19-8-5-11-26(14-19)21-24-25-22(29-21)27-16(2)9-10-17(27)3/h4,6-7,9-10,12,19H,5,8,11,13-14H2,1-3H3,(H,23,28). The predicted molar refractivity (Wildman–Crippen MR) is 117 cm³/mol. The van der Waals surface area contributed by atoms with Crippen molar-refractivity contribution in [1.29, 1.82) is 0 Å². The molecule has 3 heterocycles. The topological polar surface area (TPSA) is 63.1 Å². The highest BCUT2D eigenvalue weighted by atomic mass is 32.1. The molecule has 1 N–H and O–H groups in total. The summed E-state index contributed by atoms with van der Waals surface area (Å²) in [6.45, 7) is 8.40. The average molecular weight is 410 g/mol. The summed E-state index contributed by atoms with van der Waals surface area (Å²) in [6, 6.07) is 12.4. The number of carbonyl (C=O) groups excluding carboxylic acids is 1. The van der Waals surface area contributed by atoms with E-state index in [4.69, 9.17) is 0 Å². The Balaban J connectivity index is 1.40. The van der Waals surface area contributed by atoms with Gasteiger partial charge in [-0.15, -0.1) is 10.2 Å². The van der Waals surface area contributed by atoms with Crippen molar-refractivity contribution in [3.63, 3.8) is 0 Å². The van der Waals surface area contributed by atoms with Crippen LogP contribution in [-0.2, 0) is 11.3 Å². The fraction of sp³-hybridized carbons (Fsp3) is 0.409. The summed E-state index contributed by atoms with van der Waals surface area (Å²) in [5.74, 6) is 0.106. The van der Waals surface area contributed by atoms with Gasteiger partial charge in [-0.05, 0) is 51.3 Å². The van der Waals surface area contributed by atoms with E-state index >= 15 is 0 Å². The molecular weight excluding hydrogens is 382 g/mol. The van der Waals surface area contributed by atoms with Crippen LogP contribution in [0.1, 0.15) is 35.4 Å². The lowest BCUT2D eigenvalue weighted by atomic mass is 9.97. The van der Waals surface area contributed by atoms with E-state index in [2.05, 4.69) is 76.1 Å². The number of hydrogen-bond donors (Lipinski definition) is 1. The molecule has 2 aromatic heterocycles. The number of rotatable bonds is 5. The molecular formula is C22H27N5OS. The van der Waals surface area contributed by atoms with Crippen LogP contribution >= 0.6 is 11.3 Å². The molecule has 152 valence electrons. The molecule has 0 aliphatic carbocycles. The number of hydrogen-bond acceptors (Lipinski definition) is 5. The highest BCUT2D eigenvalue weighted by Crippen LogP contribution is 2.29. The van der Waals surface area contributed by atoms with Crippen molar-refractivity contribution in [2.75, 3.05) is 18.0 Å². The molecule has 1 aliphatic rings. The van der Waals surface area contributed by atoms with Crippen molar-refractivity contribution in [1.82, 2.24) is 20.1 Å². The first-order valence-electron chi connectivity index (χ1n) is 10.1. The third-order valence-corrected chi connectivity index (χ3v) is 6.45. The van der Waals surface area contributed by atoms with Gasteiger partial charge >= 0.3 is 0 Å². The predicted octanol–water partition coefficient (Wildman–Crippen LogP) is 3.79. The highest BCUT2D eigenvalue weighted by molar-refractivity contribution is 7.17. The molecule has 1 saturated heterocycles. The zero-order valence-electron chi connectivity index (χ0n) is 17.2. The Bertz CT molecular complexity index is 989. The summed E-state index contributed by atoms with van der Waals surface area (Å²) >= 11 is 1.59. The Kier molecular flexibility index (Phi) is 5.67. The molecule has 1 aromatic carbocycles. The fourth-order valence-corrected chi connectivity index (χ4v) is 4.92. The summed E-state index contributed by atoms with van der Waals surface area (Å²) < 4.78 is 2.12.